The Labute approximate surface area is 180 Å². The van der Waals surface area contributed by atoms with Gasteiger partial charge in [0.2, 0.25) is 0 Å². The maximum Gasteiger partial charge on any atom is 0.265 e. The van der Waals surface area contributed by atoms with Gasteiger partial charge in [-0.3, -0.25) is 4.79 Å². The van der Waals surface area contributed by atoms with Crippen molar-refractivity contribution in [2.24, 2.45) is 0 Å². The molecule has 1 aromatic heterocycles. The lowest BCUT2D eigenvalue weighted by atomic mass is 10.1. The zero-order valence-electron chi connectivity index (χ0n) is 17.7. The summed E-state index contributed by atoms with van der Waals surface area (Å²) in [6.45, 7) is 4.67. The molecular formula is C25H23N3O3. The number of aromatic nitrogens is 1. The van der Waals surface area contributed by atoms with Gasteiger partial charge in [0, 0.05) is 40.1 Å². The molecule has 0 saturated carbocycles. The topological polar surface area (TPSA) is 76.3 Å². The number of nitrogens with zero attached hydrogens (tertiary/aromatic N) is 2. The number of amides is 1. The second-order valence-corrected chi connectivity index (χ2v) is 7.22. The highest BCUT2D eigenvalue weighted by Crippen LogP contribution is 2.32. The smallest absolute Gasteiger partial charge is 0.265 e. The van der Waals surface area contributed by atoms with Gasteiger partial charge < -0.3 is 19.4 Å². The Morgan fingerprint density at radius 3 is 2.58 bits per heavy atom. The van der Waals surface area contributed by atoms with E-state index in [0.717, 1.165) is 22.8 Å². The van der Waals surface area contributed by atoms with Crippen LogP contribution in [-0.2, 0) is 11.3 Å². The molecular weight excluding hydrogens is 390 g/mol. The van der Waals surface area contributed by atoms with Crippen molar-refractivity contribution in [1.29, 1.82) is 5.26 Å². The third kappa shape index (κ3) is 3.78. The van der Waals surface area contributed by atoms with Gasteiger partial charge in [-0.1, -0.05) is 18.2 Å². The number of rotatable bonds is 6. The van der Waals surface area contributed by atoms with Crippen molar-refractivity contribution in [1.82, 2.24) is 4.57 Å². The largest absolute Gasteiger partial charge is 0.493 e. The first-order chi connectivity index (χ1) is 15.0. The molecule has 0 radical (unpaired) electrons. The number of carbonyl (C=O) groups excluding carboxylic acids is 1. The predicted octanol–water partition coefficient (Wildman–Crippen LogP) is 5.10. The normalized spacial score (nSPS) is 11.8. The fourth-order valence-corrected chi connectivity index (χ4v) is 3.79. The average molecular weight is 413 g/mol. The van der Waals surface area contributed by atoms with Gasteiger partial charge in [0.05, 0.1) is 18.7 Å². The molecule has 0 aliphatic rings. The molecule has 0 unspecified atom stereocenters. The zero-order chi connectivity index (χ0) is 22.0. The van der Waals surface area contributed by atoms with Crippen molar-refractivity contribution in [2.45, 2.75) is 26.5 Å². The molecule has 1 atom stereocenters. The van der Waals surface area contributed by atoms with Crippen molar-refractivity contribution >= 4 is 33.4 Å². The Kier molecular flexibility index (Phi) is 5.50. The summed E-state index contributed by atoms with van der Waals surface area (Å²) >= 11 is 0. The van der Waals surface area contributed by atoms with Crippen LogP contribution in [0.15, 0.2) is 60.7 Å². The molecule has 0 bridgehead atoms. The van der Waals surface area contributed by atoms with E-state index in [0.29, 0.717) is 22.7 Å². The number of carbonyl (C=O) groups is 1. The van der Waals surface area contributed by atoms with E-state index in [1.54, 1.807) is 25.1 Å². The van der Waals surface area contributed by atoms with Gasteiger partial charge in [0.15, 0.2) is 17.6 Å². The van der Waals surface area contributed by atoms with E-state index in [9.17, 15) is 4.79 Å². The maximum atomic E-state index is 12.8. The minimum atomic E-state index is -0.755. The molecule has 0 aliphatic carbocycles. The quantitative estimate of drug-likeness (QED) is 0.477. The SMILES string of the molecule is CCn1c2ccccc2c2cc(NC(=O)[C@@H](C)Oc3ccc(C#N)cc3OC)ccc21. The van der Waals surface area contributed by atoms with Crippen LogP contribution < -0.4 is 14.8 Å². The summed E-state index contributed by atoms with van der Waals surface area (Å²) < 4.78 is 13.3. The minimum absolute atomic E-state index is 0.273. The molecule has 0 fully saturated rings. The van der Waals surface area contributed by atoms with Crippen LogP contribution >= 0.6 is 0 Å². The van der Waals surface area contributed by atoms with Gasteiger partial charge >= 0.3 is 0 Å². The first-order valence-electron chi connectivity index (χ1n) is 10.1. The highest BCUT2D eigenvalue weighted by Gasteiger charge is 2.18. The second kappa shape index (κ2) is 8.41. The Morgan fingerprint density at radius 1 is 1.06 bits per heavy atom. The fourth-order valence-electron chi connectivity index (χ4n) is 3.79. The molecule has 0 spiro atoms. The Balaban J connectivity index is 1.57. The molecule has 0 saturated heterocycles. The summed E-state index contributed by atoms with van der Waals surface area (Å²) in [5.74, 6) is 0.545. The van der Waals surface area contributed by atoms with Gasteiger partial charge in [0.1, 0.15) is 0 Å². The lowest BCUT2D eigenvalue weighted by Gasteiger charge is -2.17. The van der Waals surface area contributed by atoms with Gasteiger partial charge in [-0.25, -0.2) is 0 Å². The van der Waals surface area contributed by atoms with E-state index in [1.807, 2.05) is 30.3 Å². The molecule has 6 nitrogen and oxygen atoms in total. The molecule has 156 valence electrons. The Morgan fingerprint density at radius 2 is 1.84 bits per heavy atom. The third-order valence-corrected chi connectivity index (χ3v) is 5.32. The zero-order valence-corrected chi connectivity index (χ0v) is 17.7. The van der Waals surface area contributed by atoms with Crippen LogP contribution in [-0.4, -0.2) is 23.7 Å². The van der Waals surface area contributed by atoms with Crippen LogP contribution in [0.5, 0.6) is 11.5 Å². The molecule has 31 heavy (non-hydrogen) atoms. The van der Waals surface area contributed by atoms with Crippen molar-refractivity contribution < 1.29 is 14.3 Å². The van der Waals surface area contributed by atoms with Crippen LogP contribution in [0.2, 0.25) is 0 Å². The van der Waals surface area contributed by atoms with Gasteiger partial charge in [-0.05, 0) is 50.2 Å². The number of anilines is 1. The minimum Gasteiger partial charge on any atom is -0.493 e. The van der Waals surface area contributed by atoms with Gasteiger partial charge in [-0.2, -0.15) is 5.26 Å². The number of benzene rings is 3. The number of nitrogens with one attached hydrogen (secondary N) is 1. The first-order valence-corrected chi connectivity index (χ1v) is 10.1. The molecule has 4 rings (SSSR count). The highest BCUT2D eigenvalue weighted by molar-refractivity contribution is 6.10. The monoisotopic (exact) mass is 413 g/mol. The number of hydrogen-bond acceptors (Lipinski definition) is 4. The number of nitriles is 1. The maximum absolute atomic E-state index is 12.8. The standard InChI is InChI=1S/C25H23N3O3/c1-4-28-21-8-6-5-7-19(21)20-14-18(10-11-22(20)28)27-25(29)16(2)31-23-12-9-17(15-26)13-24(23)30-3/h5-14,16H,4H2,1-3H3,(H,27,29)/t16-/m1/s1. The molecule has 1 N–H and O–H groups in total. The van der Waals surface area contributed by atoms with E-state index < -0.39 is 6.10 Å². The molecule has 4 aromatic rings. The molecule has 3 aromatic carbocycles. The number of ether oxygens (including phenoxy) is 2. The lowest BCUT2D eigenvalue weighted by Crippen LogP contribution is -2.30. The fraction of sp³-hybridized carbons (Fsp3) is 0.200. The summed E-state index contributed by atoms with van der Waals surface area (Å²) in [4.78, 5) is 12.8. The van der Waals surface area contributed by atoms with Crippen molar-refractivity contribution in [3.63, 3.8) is 0 Å². The van der Waals surface area contributed by atoms with Crippen molar-refractivity contribution in [2.75, 3.05) is 12.4 Å². The summed E-state index contributed by atoms with van der Waals surface area (Å²) in [7, 11) is 1.50. The summed E-state index contributed by atoms with van der Waals surface area (Å²) in [6, 6.07) is 21.1. The van der Waals surface area contributed by atoms with Crippen LogP contribution in [0, 0.1) is 11.3 Å². The van der Waals surface area contributed by atoms with Crippen LogP contribution in [0.25, 0.3) is 21.8 Å². The number of aryl methyl sites for hydroxylation is 1. The van der Waals surface area contributed by atoms with Gasteiger partial charge in [-0.15, -0.1) is 0 Å². The second-order valence-electron chi connectivity index (χ2n) is 7.22. The lowest BCUT2D eigenvalue weighted by molar-refractivity contribution is -0.122. The molecule has 1 heterocycles. The van der Waals surface area contributed by atoms with E-state index in [1.165, 1.54) is 12.6 Å². The Hall–Kier alpha value is -3.98. The summed E-state index contributed by atoms with van der Waals surface area (Å²) in [5.41, 5.74) is 3.47. The average Bonchev–Trinajstić information content (AvgIpc) is 3.12. The van der Waals surface area contributed by atoms with E-state index >= 15 is 0 Å². The van der Waals surface area contributed by atoms with Crippen LogP contribution in [0.3, 0.4) is 0 Å². The van der Waals surface area contributed by atoms with Crippen molar-refractivity contribution in [3.8, 4) is 17.6 Å². The summed E-state index contributed by atoms with van der Waals surface area (Å²) in [5, 5.41) is 14.2. The van der Waals surface area contributed by atoms with E-state index in [4.69, 9.17) is 14.7 Å². The predicted molar refractivity (Wildman–Crippen MR) is 122 cm³/mol. The third-order valence-electron chi connectivity index (χ3n) is 5.32. The van der Waals surface area contributed by atoms with E-state index in [-0.39, 0.29) is 5.91 Å². The van der Waals surface area contributed by atoms with Crippen LogP contribution in [0.4, 0.5) is 5.69 Å². The first kappa shape index (κ1) is 20.3. The molecule has 6 heteroatoms. The molecule has 0 aliphatic heterocycles. The molecule has 1 amide bonds. The van der Waals surface area contributed by atoms with Crippen LogP contribution in [0.1, 0.15) is 19.4 Å². The van der Waals surface area contributed by atoms with Gasteiger partial charge in [0.25, 0.3) is 5.91 Å². The summed E-state index contributed by atoms with van der Waals surface area (Å²) in [6.07, 6.45) is -0.755. The highest BCUT2D eigenvalue weighted by atomic mass is 16.5. The Bertz CT molecular complexity index is 1320. The number of fused-ring (bicyclic) bond motifs is 3. The van der Waals surface area contributed by atoms with Crippen molar-refractivity contribution in [3.05, 3.63) is 66.2 Å². The number of methoxy groups -OCH3 is 1. The number of para-hydroxylation sites is 1. The van der Waals surface area contributed by atoms with E-state index in [2.05, 4.69) is 35.0 Å². The number of hydrogen-bond donors (Lipinski definition) is 1.